The van der Waals surface area contributed by atoms with Gasteiger partial charge in [-0.25, -0.2) is 0 Å². The second kappa shape index (κ2) is 3.72. The van der Waals surface area contributed by atoms with Crippen LogP contribution in [0.4, 0.5) is 0 Å². The average molecular weight is 183 g/mol. The van der Waals surface area contributed by atoms with Crippen LogP contribution in [-0.4, -0.2) is 5.91 Å². The van der Waals surface area contributed by atoms with Crippen molar-refractivity contribution in [2.24, 2.45) is 5.73 Å². The van der Waals surface area contributed by atoms with Crippen LogP contribution >= 0.6 is 11.3 Å². The molecule has 2 N–H and O–H groups in total. The lowest BCUT2D eigenvalue weighted by Crippen LogP contribution is -2.11. The Morgan fingerprint density at radius 2 is 2.17 bits per heavy atom. The molecule has 0 spiro atoms. The molecule has 0 unspecified atom stereocenters. The number of thiophene rings is 1. The third-order valence-electron chi connectivity index (χ3n) is 1.80. The van der Waals surface area contributed by atoms with Crippen LogP contribution in [0.15, 0.2) is 6.07 Å². The van der Waals surface area contributed by atoms with E-state index < -0.39 is 0 Å². The zero-order chi connectivity index (χ0) is 9.14. The Morgan fingerprint density at radius 3 is 2.50 bits per heavy atom. The van der Waals surface area contributed by atoms with Gasteiger partial charge in [-0.3, -0.25) is 4.79 Å². The van der Waals surface area contributed by atoms with Crippen molar-refractivity contribution in [3.05, 3.63) is 21.4 Å². The van der Waals surface area contributed by atoms with Crippen LogP contribution in [0.5, 0.6) is 0 Å². The van der Waals surface area contributed by atoms with Crippen LogP contribution in [0.1, 0.15) is 34.0 Å². The molecule has 0 aromatic carbocycles. The van der Waals surface area contributed by atoms with Gasteiger partial charge in [0.25, 0.3) is 0 Å². The minimum atomic E-state index is -0.303. The number of hydrogen-bond acceptors (Lipinski definition) is 2. The van der Waals surface area contributed by atoms with Crippen molar-refractivity contribution in [3.63, 3.8) is 0 Å². The van der Waals surface area contributed by atoms with Crippen LogP contribution in [0.2, 0.25) is 0 Å². The first kappa shape index (κ1) is 9.26. The van der Waals surface area contributed by atoms with E-state index in [2.05, 4.69) is 6.92 Å². The molecule has 0 saturated heterocycles. The number of hydrogen-bond donors (Lipinski definition) is 1. The number of amides is 1. The van der Waals surface area contributed by atoms with Gasteiger partial charge in [-0.2, -0.15) is 0 Å². The zero-order valence-electron chi connectivity index (χ0n) is 7.39. The molecule has 1 rings (SSSR count). The molecule has 0 saturated carbocycles. The SMILES string of the molecule is CCc1cc(C(N)=O)c(CC)s1. The normalized spacial score (nSPS) is 10.2. The van der Waals surface area contributed by atoms with E-state index in [0.717, 1.165) is 17.7 Å². The van der Waals surface area contributed by atoms with Crippen molar-refractivity contribution in [2.45, 2.75) is 26.7 Å². The number of nitrogens with two attached hydrogens (primary N) is 1. The van der Waals surface area contributed by atoms with Gasteiger partial charge in [-0.1, -0.05) is 13.8 Å². The zero-order valence-corrected chi connectivity index (χ0v) is 8.20. The molecular formula is C9H13NOS. The molecular weight excluding hydrogens is 170 g/mol. The molecule has 1 amide bonds. The van der Waals surface area contributed by atoms with E-state index in [9.17, 15) is 4.79 Å². The molecule has 0 fully saturated rings. The molecule has 1 heterocycles. The van der Waals surface area contributed by atoms with Gasteiger partial charge in [-0.15, -0.1) is 11.3 Å². The second-order valence-electron chi connectivity index (χ2n) is 2.62. The molecule has 0 atom stereocenters. The largest absolute Gasteiger partial charge is 0.366 e. The maximum absolute atomic E-state index is 10.9. The number of carbonyl (C=O) groups is 1. The summed E-state index contributed by atoms with van der Waals surface area (Å²) in [4.78, 5) is 13.3. The van der Waals surface area contributed by atoms with E-state index >= 15 is 0 Å². The third-order valence-corrected chi connectivity index (χ3v) is 3.22. The van der Waals surface area contributed by atoms with Gasteiger partial charge in [-0.05, 0) is 18.9 Å². The predicted molar refractivity (Wildman–Crippen MR) is 51.6 cm³/mol. The Kier molecular flexibility index (Phi) is 2.87. The van der Waals surface area contributed by atoms with Crippen molar-refractivity contribution in [3.8, 4) is 0 Å². The molecule has 3 heteroatoms. The lowest BCUT2D eigenvalue weighted by molar-refractivity contribution is 0.1000. The van der Waals surface area contributed by atoms with Crippen molar-refractivity contribution in [1.29, 1.82) is 0 Å². The van der Waals surface area contributed by atoms with Gasteiger partial charge in [0, 0.05) is 9.75 Å². The highest BCUT2D eigenvalue weighted by Crippen LogP contribution is 2.22. The average Bonchev–Trinajstić information content (AvgIpc) is 2.47. The fourth-order valence-electron chi connectivity index (χ4n) is 1.13. The Balaban J connectivity index is 3.08. The summed E-state index contributed by atoms with van der Waals surface area (Å²) in [5, 5.41) is 0. The van der Waals surface area contributed by atoms with Crippen molar-refractivity contribution >= 4 is 17.2 Å². The number of rotatable bonds is 3. The summed E-state index contributed by atoms with van der Waals surface area (Å²) in [6, 6.07) is 1.91. The van der Waals surface area contributed by atoms with Crippen LogP contribution < -0.4 is 5.73 Å². The highest BCUT2D eigenvalue weighted by molar-refractivity contribution is 7.12. The van der Waals surface area contributed by atoms with Gasteiger partial charge in [0.15, 0.2) is 0 Å². The molecule has 0 bridgehead atoms. The molecule has 66 valence electrons. The lowest BCUT2D eigenvalue weighted by Gasteiger charge is -1.92. The van der Waals surface area contributed by atoms with Gasteiger partial charge >= 0.3 is 0 Å². The first-order chi connectivity index (χ1) is 5.69. The smallest absolute Gasteiger partial charge is 0.249 e. The van der Waals surface area contributed by atoms with Crippen molar-refractivity contribution in [2.75, 3.05) is 0 Å². The fraction of sp³-hybridized carbons (Fsp3) is 0.444. The molecule has 1 aromatic heterocycles. The number of aryl methyl sites for hydroxylation is 2. The number of primary amides is 1. The Hall–Kier alpha value is -0.830. The fourth-order valence-corrected chi connectivity index (χ4v) is 2.18. The van der Waals surface area contributed by atoms with Crippen LogP contribution in [0, 0.1) is 0 Å². The molecule has 0 aliphatic carbocycles. The molecule has 12 heavy (non-hydrogen) atoms. The van der Waals surface area contributed by atoms with Gasteiger partial charge in [0.1, 0.15) is 0 Å². The van der Waals surface area contributed by atoms with E-state index in [1.165, 1.54) is 4.88 Å². The van der Waals surface area contributed by atoms with Gasteiger partial charge in [0.2, 0.25) is 5.91 Å². The Morgan fingerprint density at radius 1 is 1.50 bits per heavy atom. The van der Waals surface area contributed by atoms with Crippen LogP contribution in [0.3, 0.4) is 0 Å². The first-order valence-corrected chi connectivity index (χ1v) is 4.92. The van der Waals surface area contributed by atoms with E-state index in [1.807, 2.05) is 13.0 Å². The molecule has 1 aromatic rings. The topological polar surface area (TPSA) is 43.1 Å². The minimum absolute atomic E-state index is 0.303. The third kappa shape index (κ3) is 1.67. The monoisotopic (exact) mass is 183 g/mol. The lowest BCUT2D eigenvalue weighted by atomic mass is 10.2. The molecule has 0 aliphatic rings. The van der Waals surface area contributed by atoms with E-state index in [0.29, 0.717) is 5.56 Å². The number of carbonyl (C=O) groups excluding carboxylic acids is 1. The quantitative estimate of drug-likeness (QED) is 0.765. The summed E-state index contributed by atoms with van der Waals surface area (Å²) in [7, 11) is 0. The second-order valence-corrected chi connectivity index (χ2v) is 3.84. The summed E-state index contributed by atoms with van der Waals surface area (Å²) in [5.74, 6) is -0.303. The maximum atomic E-state index is 10.9. The summed E-state index contributed by atoms with van der Waals surface area (Å²) < 4.78 is 0. The standard InChI is InChI=1S/C9H13NOS/c1-3-6-5-7(9(10)11)8(4-2)12-6/h5H,3-4H2,1-2H3,(H2,10,11). The summed E-state index contributed by atoms with van der Waals surface area (Å²) in [6.07, 6.45) is 1.87. The van der Waals surface area contributed by atoms with Crippen LogP contribution in [0.25, 0.3) is 0 Å². The molecule has 0 aliphatic heterocycles. The minimum Gasteiger partial charge on any atom is -0.366 e. The summed E-state index contributed by atoms with van der Waals surface area (Å²) >= 11 is 1.69. The van der Waals surface area contributed by atoms with Gasteiger partial charge in [0.05, 0.1) is 5.56 Å². The Labute approximate surface area is 76.4 Å². The maximum Gasteiger partial charge on any atom is 0.249 e. The Bertz CT molecular complexity index is 291. The van der Waals surface area contributed by atoms with E-state index in [4.69, 9.17) is 5.73 Å². The van der Waals surface area contributed by atoms with Crippen LogP contribution in [-0.2, 0) is 12.8 Å². The van der Waals surface area contributed by atoms with Crippen molar-refractivity contribution in [1.82, 2.24) is 0 Å². The van der Waals surface area contributed by atoms with E-state index in [1.54, 1.807) is 11.3 Å². The predicted octanol–water partition coefficient (Wildman–Crippen LogP) is 1.97. The van der Waals surface area contributed by atoms with Gasteiger partial charge < -0.3 is 5.73 Å². The van der Waals surface area contributed by atoms with Crippen molar-refractivity contribution < 1.29 is 4.79 Å². The highest BCUT2D eigenvalue weighted by atomic mass is 32.1. The summed E-state index contributed by atoms with van der Waals surface area (Å²) in [6.45, 7) is 4.12. The highest BCUT2D eigenvalue weighted by Gasteiger charge is 2.10. The molecule has 2 nitrogen and oxygen atoms in total. The first-order valence-electron chi connectivity index (χ1n) is 4.10. The summed E-state index contributed by atoms with van der Waals surface area (Å²) in [5.41, 5.74) is 5.93. The van der Waals surface area contributed by atoms with E-state index in [-0.39, 0.29) is 5.91 Å². The molecule has 0 radical (unpaired) electrons.